The lowest BCUT2D eigenvalue weighted by Gasteiger charge is -2.31. The fourth-order valence-corrected chi connectivity index (χ4v) is 2.62. The van der Waals surface area contributed by atoms with Crippen LogP contribution in [-0.4, -0.2) is 30.3 Å². The number of piperidine rings is 1. The van der Waals surface area contributed by atoms with Gasteiger partial charge in [-0.15, -0.1) is 13.2 Å². The molecular weight excluding hydrogens is 361 g/mol. The van der Waals surface area contributed by atoms with Crippen molar-refractivity contribution in [1.82, 2.24) is 4.90 Å². The smallest absolute Gasteiger partial charge is 0.406 e. The third-order valence-electron chi connectivity index (χ3n) is 3.24. The molecule has 21 heavy (non-hydrogen) atoms. The fourth-order valence-electron chi connectivity index (χ4n) is 2.13. The summed E-state index contributed by atoms with van der Waals surface area (Å²) >= 11 is 3.18. The molecule has 0 atom stereocenters. The summed E-state index contributed by atoms with van der Waals surface area (Å²) in [6.07, 6.45) is -5.13. The van der Waals surface area contributed by atoms with E-state index in [4.69, 9.17) is 0 Å². The highest BCUT2D eigenvalue weighted by atomic mass is 79.9. The Balaban J connectivity index is 1.98. The van der Waals surface area contributed by atoms with Gasteiger partial charge in [0.25, 0.3) is 5.92 Å². The molecule has 118 valence electrons. The van der Waals surface area contributed by atoms with Crippen LogP contribution in [0.1, 0.15) is 18.4 Å². The monoisotopic (exact) mass is 373 g/mol. The molecule has 2 rings (SSSR count). The predicted molar refractivity (Wildman–Crippen MR) is 70.3 cm³/mol. The van der Waals surface area contributed by atoms with Crippen LogP contribution in [0.5, 0.6) is 5.75 Å². The van der Waals surface area contributed by atoms with Gasteiger partial charge < -0.3 is 4.74 Å². The number of ether oxygens (including phenoxy) is 1. The van der Waals surface area contributed by atoms with Crippen LogP contribution in [0.2, 0.25) is 0 Å². The molecule has 0 radical (unpaired) electrons. The summed E-state index contributed by atoms with van der Waals surface area (Å²) in [6, 6.07) is 3.94. The third kappa shape index (κ3) is 5.10. The number of likely N-dealkylation sites (tertiary alicyclic amines) is 1. The molecular formula is C13H13BrF5NO. The first kappa shape index (κ1) is 16.5. The van der Waals surface area contributed by atoms with E-state index in [-0.39, 0.29) is 31.7 Å². The minimum atomic E-state index is -4.74. The van der Waals surface area contributed by atoms with E-state index < -0.39 is 12.3 Å². The molecule has 0 aromatic heterocycles. The molecule has 0 amide bonds. The zero-order chi connectivity index (χ0) is 15.7. The maximum atomic E-state index is 13.0. The molecule has 1 aliphatic rings. The van der Waals surface area contributed by atoms with Crippen molar-refractivity contribution in [3.05, 3.63) is 28.2 Å². The number of hydrogen-bond acceptors (Lipinski definition) is 2. The summed E-state index contributed by atoms with van der Waals surface area (Å²) in [4.78, 5) is 1.85. The highest BCUT2D eigenvalue weighted by Crippen LogP contribution is 2.31. The van der Waals surface area contributed by atoms with Crippen molar-refractivity contribution in [3.8, 4) is 5.75 Å². The molecule has 0 aliphatic carbocycles. The number of alkyl halides is 5. The Morgan fingerprint density at radius 3 is 2.33 bits per heavy atom. The summed E-state index contributed by atoms with van der Waals surface area (Å²) < 4.78 is 66.7. The minimum absolute atomic E-state index is 0.195. The van der Waals surface area contributed by atoms with Gasteiger partial charge in [-0.1, -0.05) is 22.0 Å². The van der Waals surface area contributed by atoms with Gasteiger partial charge in [0.1, 0.15) is 5.75 Å². The lowest BCUT2D eigenvalue weighted by Crippen LogP contribution is -2.38. The number of nitrogens with zero attached hydrogens (tertiary/aromatic N) is 1. The Bertz CT molecular complexity index is 496. The Hall–Kier alpha value is -0.890. The quantitative estimate of drug-likeness (QED) is 0.719. The molecule has 0 unspecified atom stereocenters. The van der Waals surface area contributed by atoms with Crippen molar-refractivity contribution in [3.63, 3.8) is 0 Å². The van der Waals surface area contributed by atoms with Crippen LogP contribution in [0, 0.1) is 0 Å². The first-order valence-electron chi connectivity index (χ1n) is 6.29. The van der Waals surface area contributed by atoms with Gasteiger partial charge in [0, 0.05) is 36.9 Å². The van der Waals surface area contributed by atoms with Crippen LogP contribution in [0.3, 0.4) is 0 Å². The second-order valence-corrected chi connectivity index (χ2v) is 5.79. The lowest BCUT2D eigenvalue weighted by atomic mass is 10.1. The molecule has 8 heteroatoms. The van der Waals surface area contributed by atoms with Crippen LogP contribution in [0.4, 0.5) is 22.0 Å². The second kappa shape index (κ2) is 6.08. The summed E-state index contributed by atoms with van der Waals surface area (Å²) in [5, 5.41) is 0. The molecule has 1 saturated heterocycles. The summed E-state index contributed by atoms with van der Waals surface area (Å²) in [5.41, 5.74) is 0.731. The molecule has 2 nitrogen and oxygen atoms in total. The van der Waals surface area contributed by atoms with Gasteiger partial charge in [0.15, 0.2) is 0 Å². The van der Waals surface area contributed by atoms with Gasteiger partial charge in [-0.05, 0) is 17.7 Å². The molecule has 1 heterocycles. The average Bonchev–Trinajstić information content (AvgIpc) is 2.33. The van der Waals surface area contributed by atoms with Gasteiger partial charge in [-0.3, -0.25) is 4.90 Å². The largest absolute Gasteiger partial charge is 0.573 e. The molecule has 1 aromatic carbocycles. The van der Waals surface area contributed by atoms with Crippen molar-refractivity contribution >= 4 is 15.9 Å². The number of rotatable bonds is 3. The maximum Gasteiger partial charge on any atom is 0.573 e. The van der Waals surface area contributed by atoms with Crippen molar-refractivity contribution in [2.24, 2.45) is 0 Å². The SMILES string of the molecule is FC1(F)CCN(Cc2ccc(OC(F)(F)F)cc2Br)CC1. The molecule has 0 N–H and O–H groups in total. The van der Waals surface area contributed by atoms with E-state index in [0.717, 1.165) is 5.56 Å². The lowest BCUT2D eigenvalue weighted by molar-refractivity contribution is -0.274. The Morgan fingerprint density at radius 1 is 1.19 bits per heavy atom. The van der Waals surface area contributed by atoms with E-state index in [0.29, 0.717) is 11.0 Å². The van der Waals surface area contributed by atoms with Crippen molar-refractivity contribution in [2.45, 2.75) is 31.7 Å². The fraction of sp³-hybridized carbons (Fsp3) is 0.538. The van der Waals surface area contributed by atoms with E-state index >= 15 is 0 Å². The topological polar surface area (TPSA) is 12.5 Å². The number of benzene rings is 1. The van der Waals surface area contributed by atoms with Crippen molar-refractivity contribution in [1.29, 1.82) is 0 Å². The molecule has 1 fully saturated rings. The van der Waals surface area contributed by atoms with Crippen molar-refractivity contribution < 1.29 is 26.7 Å². The number of hydrogen-bond donors (Lipinski definition) is 0. The third-order valence-corrected chi connectivity index (χ3v) is 3.98. The van der Waals surface area contributed by atoms with E-state index in [1.165, 1.54) is 18.2 Å². The normalized spacial score (nSPS) is 19.5. The van der Waals surface area contributed by atoms with E-state index in [1.807, 2.05) is 4.90 Å². The predicted octanol–water partition coefficient (Wildman–Crippen LogP) is 4.58. The van der Waals surface area contributed by atoms with Gasteiger partial charge in [-0.2, -0.15) is 0 Å². The molecule has 1 aromatic rings. The highest BCUT2D eigenvalue weighted by Gasteiger charge is 2.34. The maximum absolute atomic E-state index is 13.0. The molecule has 1 aliphatic heterocycles. The first-order valence-corrected chi connectivity index (χ1v) is 7.08. The van der Waals surface area contributed by atoms with Crippen LogP contribution >= 0.6 is 15.9 Å². The minimum Gasteiger partial charge on any atom is -0.406 e. The molecule has 0 saturated carbocycles. The van der Waals surface area contributed by atoms with Crippen LogP contribution in [-0.2, 0) is 6.54 Å². The summed E-state index contributed by atoms with van der Waals surface area (Å²) in [6.45, 7) is 0.934. The zero-order valence-corrected chi connectivity index (χ0v) is 12.5. The average molecular weight is 374 g/mol. The Kier molecular flexibility index (Phi) is 4.77. The number of halogens is 6. The van der Waals surface area contributed by atoms with E-state index in [9.17, 15) is 22.0 Å². The second-order valence-electron chi connectivity index (χ2n) is 4.93. The summed E-state index contributed by atoms with van der Waals surface area (Å²) in [5.74, 6) is -2.93. The summed E-state index contributed by atoms with van der Waals surface area (Å²) in [7, 11) is 0. The molecule has 0 bridgehead atoms. The van der Waals surface area contributed by atoms with Crippen LogP contribution in [0.15, 0.2) is 22.7 Å². The van der Waals surface area contributed by atoms with Gasteiger partial charge in [0.2, 0.25) is 0 Å². The standard InChI is InChI=1S/C13H13BrF5NO/c14-11-7-10(21-13(17,18)19)2-1-9(11)8-20-5-3-12(15,16)4-6-20/h1-2,7H,3-6,8H2. The Labute approximate surface area is 127 Å². The first-order chi connectivity index (χ1) is 9.65. The van der Waals surface area contributed by atoms with Gasteiger partial charge >= 0.3 is 6.36 Å². The Morgan fingerprint density at radius 2 is 1.81 bits per heavy atom. The molecule has 0 spiro atoms. The van der Waals surface area contributed by atoms with Crippen LogP contribution < -0.4 is 4.74 Å². The highest BCUT2D eigenvalue weighted by molar-refractivity contribution is 9.10. The van der Waals surface area contributed by atoms with E-state index in [2.05, 4.69) is 20.7 Å². The van der Waals surface area contributed by atoms with Crippen molar-refractivity contribution in [2.75, 3.05) is 13.1 Å². The van der Waals surface area contributed by atoms with Gasteiger partial charge in [0.05, 0.1) is 0 Å². The van der Waals surface area contributed by atoms with Gasteiger partial charge in [-0.25, -0.2) is 8.78 Å². The van der Waals surface area contributed by atoms with Crippen LogP contribution in [0.25, 0.3) is 0 Å². The van der Waals surface area contributed by atoms with E-state index in [1.54, 1.807) is 0 Å². The zero-order valence-electron chi connectivity index (χ0n) is 10.9.